The van der Waals surface area contributed by atoms with Crippen LogP contribution in [0.1, 0.15) is 37.0 Å². The van der Waals surface area contributed by atoms with Crippen molar-refractivity contribution in [2.24, 2.45) is 5.41 Å². The highest BCUT2D eigenvalue weighted by Crippen LogP contribution is 2.45. The predicted molar refractivity (Wildman–Crippen MR) is 97.2 cm³/mol. The van der Waals surface area contributed by atoms with Crippen LogP contribution in [-0.2, 0) is 17.6 Å². The predicted octanol–water partition coefficient (Wildman–Crippen LogP) is 3.08. The van der Waals surface area contributed by atoms with Crippen molar-refractivity contribution in [1.82, 2.24) is 10.6 Å². The fraction of sp³-hybridized carbons (Fsp3) is 0.476. The molecule has 3 atom stereocenters. The molecular weight excluding hydrogens is 312 g/mol. The summed E-state index contributed by atoms with van der Waals surface area (Å²) in [6, 6.07) is 15.1. The number of fused-ring (bicyclic) bond motifs is 2. The number of hydrogen-bond acceptors (Lipinski definition) is 3. The average Bonchev–Trinajstić information content (AvgIpc) is 3.37. The number of carbonyl (C=O) groups is 1. The molecular formula is C21H26N2O2. The van der Waals surface area contributed by atoms with Gasteiger partial charge in [0, 0.05) is 25.0 Å². The topological polar surface area (TPSA) is 54.3 Å². The molecule has 4 rings (SSSR count). The first-order chi connectivity index (χ1) is 12.3. The Morgan fingerprint density at radius 3 is 2.76 bits per heavy atom. The van der Waals surface area contributed by atoms with Crippen LogP contribution in [0.25, 0.3) is 0 Å². The number of furan rings is 1. The summed E-state index contributed by atoms with van der Waals surface area (Å²) in [6.45, 7) is 0.702. The van der Waals surface area contributed by atoms with Crippen LogP contribution >= 0.6 is 0 Å². The van der Waals surface area contributed by atoms with E-state index in [0.717, 1.165) is 37.9 Å². The highest BCUT2D eigenvalue weighted by Gasteiger charge is 2.55. The Hall–Kier alpha value is -2.07. The van der Waals surface area contributed by atoms with Crippen LogP contribution in [0.2, 0.25) is 0 Å². The van der Waals surface area contributed by atoms with E-state index in [2.05, 4.69) is 34.9 Å². The van der Waals surface area contributed by atoms with E-state index in [4.69, 9.17) is 4.42 Å². The molecule has 0 saturated carbocycles. The van der Waals surface area contributed by atoms with Crippen molar-refractivity contribution < 1.29 is 9.21 Å². The molecule has 2 N–H and O–H groups in total. The lowest BCUT2D eigenvalue weighted by Gasteiger charge is -2.35. The van der Waals surface area contributed by atoms with E-state index in [0.29, 0.717) is 18.6 Å². The van der Waals surface area contributed by atoms with Crippen LogP contribution in [0.3, 0.4) is 0 Å². The van der Waals surface area contributed by atoms with Crippen molar-refractivity contribution in [1.29, 1.82) is 0 Å². The monoisotopic (exact) mass is 338 g/mol. The molecule has 0 unspecified atom stereocenters. The Labute approximate surface area is 149 Å². The second-order valence-electron chi connectivity index (χ2n) is 7.45. The normalized spacial score (nSPS) is 27.5. The highest BCUT2D eigenvalue weighted by atomic mass is 16.3. The Kier molecular flexibility index (Phi) is 4.62. The number of carbonyl (C=O) groups excluding carboxylic acids is 1. The van der Waals surface area contributed by atoms with Gasteiger partial charge in [0.2, 0.25) is 5.91 Å². The molecule has 0 radical (unpaired) electrons. The summed E-state index contributed by atoms with van der Waals surface area (Å²) in [5.74, 6) is 1.20. The number of aryl methyl sites for hydroxylation is 1. The maximum atomic E-state index is 13.1. The van der Waals surface area contributed by atoms with Gasteiger partial charge in [-0.05, 0) is 49.8 Å². The second kappa shape index (κ2) is 7.04. The van der Waals surface area contributed by atoms with E-state index in [9.17, 15) is 4.79 Å². The van der Waals surface area contributed by atoms with Gasteiger partial charge in [0.05, 0.1) is 11.7 Å². The van der Waals surface area contributed by atoms with Gasteiger partial charge in [-0.1, -0.05) is 30.3 Å². The molecule has 4 heteroatoms. The Balaban J connectivity index is 1.40. The molecule has 1 aromatic heterocycles. The number of nitrogens with one attached hydrogen (secondary N) is 2. The SMILES string of the molecule is O=C(NCCCc1ccco1)[C@]1(Cc2ccccc2)C[C@@H]2CC[C@H]1N2. The van der Waals surface area contributed by atoms with Crippen LogP contribution in [0.5, 0.6) is 0 Å². The molecule has 132 valence electrons. The van der Waals surface area contributed by atoms with E-state index >= 15 is 0 Å². The quantitative estimate of drug-likeness (QED) is 0.763. The van der Waals surface area contributed by atoms with Gasteiger partial charge in [-0.25, -0.2) is 0 Å². The Morgan fingerprint density at radius 2 is 2.08 bits per heavy atom. The third-order valence-corrected chi connectivity index (χ3v) is 5.80. The lowest BCUT2D eigenvalue weighted by Crippen LogP contribution is -2.50. The summed E-state index contributed by atoms with van der Waals surface area (Å²) < 4.78 is 5.36. The van der Waals surface area contributed by atoms with Gasteiger partial charge in [-0.3, -0.25) is 4.79 Å². The minimum atomic E-state index is -0.297. The molecule has 0 aliphatic carbocycles. The van der Waals surface area contributed by atoms with Crippen LogP contribution < -0.4 is 10.6 Å². The summed E-state index contributed by atoms with van der Waals surface area (Å²) >= 11 is 0. The third kappa shape index (κ3) is 3.36. The van der Waals surface area contributed by atoms with Gasteiger partial charge in [0.25, 0.3) is 0 Å². The summed E-state index contributed by atoms with van der Waals surface area (Å²) in [6.07, 6.45) is 7.56. The van der Waals surface area contributed by atoms with Gasteiger partial charge in [0.1, 0.15) is 5.76 Å². The Bertz CT molecular complexity index is 698. The van der Waals surface area contributed by atoms with E-state index in [1.54, 1.807) is 6.26 Å². The average molecular weight is 338 g/mol. The zero-order chi connectivity index (χ0) is 17.1. The van der Waals surface area contributed by atoms with Crippen LogP contribution in [-0.4, -0.2) is 24.5 Å². The first-order valence-corrected chi connectivity index (χ1v) is 9.37. The molecule has 25 heavy (non-hydrogen) atoms. The molecule has 1 amide bonds. The smallest absolute Gasteiger partial charge is 0.228 e. The van der Waals surface area contributed by atoms with Crippen molar-refractivity contribution in [2.45, 2.75) is 50.6 Å². The van der Waals surface area contributed by atoms with Crippen LogP contribution in [0, 0.1) is 5.41 Å². The van der Waals surface area contributed by atoms with Crippen molar-refractivity contribution in [2.75, 3.05) is 6.54 Å². The third-order valence-electron chi connectivity index (χ3n) is 5.80. The molecule has 4 nitrogen and oxygen atoms in total. The summed E-state index contributed by atoms with van der Waals surface area (Å²) in [5.41, 5.74) is 0.956. The minimum Gasteiger partial charge on any atom is -0.469 e. The first kappa shape index (κ1) is 16.4. The van der Waals surface area contributed by atoms with E-state index < -0.39 is 0 Å². The van der Waals surface area contributed by atoms with Crippen molar-refractivity contribution in [3.05, 3.63) is 60.1 Å². The zero-order valence-electron chi connectivity index (χ0n) is 14.5. The molecule has 2 aromatic rings. The van der Waals surface area contributed by atoms with Crippen molar-refractivity contribution >= 4 is 5.91 Å². The molecule has 1 aromatic carbocycles. The number of benzene rings is 1. The lowest BCUT2D eigenvalue weighted by molar-refractivity contribution is -0.132. The Morgan fingerprint density at radius 1 is 1.20 bits per heavy atom. The maximum Gasteiger partial charge on any atom is 0.228 e. The number of rotatable bonds is 7. The van der Waals surface area contributed by atoms with Gasteiger partial charge >= 0.3 is 0 Å². The van der Waals surface area contributed by atoms with Gasteiger partial charge in [-0.2, -0.15) is 0 Å². The minimum absolute atomic E-state index is 0.218. The molecule has 0 spiro atoms. The first-order valence-electron chi connectivity index (χ1n) is 9.37. The molecule has 2 aliphatic rings. The van der Waals surface area contributed by atoms with E-state index in [1.807, 2.05) is 18.2 Å². The van der Waals surface area contributed by atoms with Gasteiger partial charge in [-0.15, -0.1) is 0 Å². The standard InChI is InChI=1S/C21H26N2O2/c24-20(22-12-4-8-18-9-5-13-25-18)21(14-16-6-2-1-3-7-16)15-17-10-11-19(21)23-17/h1-3,5-7,9,13,17,19,23H,4,8,10-12,14-15H2,(H,22,24)/t17-,19+,21+/m0/s1. The maximum absolute atomic E-state index is 13.1. The molecule has 2 saturated heterocycles. The molecule has 2 aliphatic heterocycles. The largest absolute Gasteiger partial charge is 0.469 e. The fourth-order valence-electron chi connectivity index (χ4n) is 4.58. The molecule has 3 heterocycles. The highest BCUT2D eigenvalue weighted by molar-refractivity contribution is 5.84. The van der Waals surface area contributed by atoms with Crippen molar-refractivity contribution in [3.8, 4) is 0 Å². The van der Waals surface area contributed by atoms with Crippen molar-refractivity contribution in [3.63, 3.8) is 0 Å². The van der Waals surface area contributed by atoms with E-state index in [1.165, 1.54) is 12.0 Å². The number of hydrogen-bond donors (Lipinski definition) is 2. The van der Waals surface area contributed by atoms with E-state index in [-0.39, 0.29) is 11.3 Å². The summed E-state index contributed by atoms with van der Waals surface area (Å²) in [4.78, 5) is 13.1. The lowest BCUT2D eigenvalue weighted by atomic mass is 9.69. The molecule has 2 bridgehead atoms. The second-order valence-corrected chi connectivity index (χ2v) is 7.45. The van der Waals surface area contributed by atoms with Crippen LogP contribution in [0.4, 0.5) is 0 Å². The summed E-state index contributed by atoms with van der Waals surface area (Å²) in [7, 11) is 0. The summed E-state index contributed by atoms with van der Waals surface area (Å²) in [5, 5.41) is 6.87. The number of amides is 1. The zero-order valence-corrected chi connectivity index (χ0v) is 14.5. The van der Waals surface area contributed by atoms with Gasteiger partial charge < -0.3 is 15.1 Å². The molecule has 2 fully saturated rings. The van der Waals surface area contributed by atoms with Crippen LogP contribution in [0.15, 0.2) is 53.1 Å². The fourth-order valence-corrected chi connectivity index (χ4v) is 4.58. The van der Waals surface area contributed by atoms with Gasteiger partial charge in [0.15, 0.2) is 0 Å².